The third-order valence-corrected chi connectivity index (χ3v) is 4.44. The first-order valence-corrected chi connectivity index (χ1v) is 8.89. The van der Waals surface area contributed by atoms with E-state index in [1.807, 2.05) is 35.8 Å². The number of fused-ring (bicyclic) bond motifs is 1. The van der Waals surface area contributed by atoms with Gasteiger partial charge in [0.1, 0.15) is 12.4 Å². The summed E-state index contributed by atoms with van der Waals surface area (Å²) < 4.78 is 6.69. The zero-order valence-corrected chi connectivity index (χ0v) is 15.9. The van der Waals surface area contributed by atoms with E-state index in [2.05, 4.69) is 10.3 Å². The number of ether oxygens (including phenoxy) is 1. The van der Waals surface area contributed by atoms with Crippen molar-refractivity contribution in [2.24, 2.45) is 0 Å². The van der Waals surface area contributed by atoms with Crippen LogP contribution in [0.15, 0.2) is 48.5 Å². The zero-order chi connectivity index (χ0) is 19.4. The Morgan fingerprint density at radius 2 is 1.89 bits per heavy atom. The minimum Gasteiger partial charge on any atom is -0.375 e. The van der Waals surface area contributed by atoms with Crippen molar-refractivity contribution in [3.8, 4) is 0 Å². The van der Waals surface area contributed by atoms with E-state index in [0.29, 0.717) is 16.4 Å². The standard InChI is InChI=1S/C20H20ClN3O3/c1-13(22-19(26)12-27-2)20-23-16-5-3-4-6-17(16)24(20)11-18(25)14-7-9-15(21)10-8-14/h3-10,13H,11-12H2,1-2H3,(H,22,26). The molecule has 1 aromatic heterocycles. The number of aromatic nitrogens is 2. The Hall–Kier alpha value is -2.70. The lowest BCUT2D eigenvalue weighted by atomic mass is 10.1. The van der Waals surface area contributed by atoms with Gasteiger partial charge in [-0.3, -0.25) is 9.59 Å². The third-order valence-electron chi connectivity index (χ3n) is 4.19. The molecule has 2 aromatic carbocycles. The van der Waals surface area contributed by atoms with Crippen LogP contribution in [0.3, 0.4) is 0 Å². The summed E-state index contributed by atoms with van der Waals surface area (Å²) in [4.78, 5) is 29.3. The van der Waals surface area contributed by atoms with E-state index in [1.54, 1.807) is 24.3 Å². The maximum absolute atomic E-state index is 12.8. The molecule has 1 atom stereocenters. The van der Waals surface area contributed by atoms with Crippen LogP contribution in [0, 0.1) is 0 Å². The Morgan fingerprint density at radius 1 is 1.19 bits per heavy atom. The van der Waals surface area contributed by atoms with E-state index in [9.17, 15) is 9.59 Å². The van der Waals surface area contributed by atoms with Gasteiger partial charge in [-0.05, 0) is 43.3 Å². The summed E-state index contributed by atoms with van der Waals surface area (Å²) in [5.41, 5.74) is 2.17. The number of rotatable bonds is 7. The first-order chi connectivity index (χ1) is 13.0. The second-order valence-electron chi connectivity index (χ2n) is 6.20. The number of amides is 1. The SMILES string of the molecule is COCC(=O)NC(C)c1nc2ccccc2n1CC(=O)c1ccc(Cl)cc1. The molecule has 3 aromatic rings. The van der Waals surface area contributed by atoms with Crippen molar-refractivity contribution < 1.29 is 14.3 Å². The topological polar surface area (TPSA) is 73.2 Å². The van der Waals surface area contributed by atoms with Crippen molar-refractivity contribution in [1.29, 1.82) is 0 Å². The first-order valence-electron chi connectivity index (χ1n) is 8.52. The quantitative estimate of drug-likeness (QED) is 0.632. The maximum atomic E-state index is 12.8. The number of hydrogen-bond acceptors (Lipinski definition) is 4. The van der Waals surface area contributed by atoms with Gasteiger partial charge in [0.25, 0.3) is 0 Å². The molecule has 0 aliphatic heterocycles. The van der Waals surface area contributed by atoms with Crippen LogP contribution in [0.1, 0.15) is 29.1 Å². The molecule has 7 heteroatoms. The Balaban J connectivity index is 1.93. The van der Waals surface area contributed by atoms with Gasteiger partial charge in [0.15, 0.2) is 5.78 Å². The van der Waals surface area contributed by atoms with E-state index in [-0.39, 0.29) is 30.9 Å². The molecule has 0 saturated carbocycles. The summed E-state index contributed by atoms with van der Waals surface area (Å²) in [6.45, 7) is 1.91. The molecule has 1 unspecified atom stereocenters. The second-order valence-corrected chi connectivity index (χ2v) is 6.63. The number of carbonyl (C=O) groups is 2. The van der Waals surface area contributed by atoms with Crippen LogP contribution in [0.25, 0.3) is 11.0 Å². The number of imidazole rings is 1. The van der Waals surface area contributed by atoms with Crippen LogP contribution >= 0.6 is 11.6 Å². The molecule has 0 spiro atoms. The number of nitrogens with one attached hydrogen (secondary N) is 1. The lowest BCUT2D eigenvalue weighted by molar-refractivity contribution is -0.125. The van der Waals surface area contributed by atoms with Gasteiger partial charge < -0.3 is 14.6 Å². The predicted octanol–water partition coefficient (Wildman–Crippen LogP) is 3.40. The number of methoxy groups -OCH3 is 1. The minimum absolute atomic E-state index is 0.0335. The molecule has 1 amide bonds. The number of carbonyl (C=O) groups excluding carboxylic acids is 2. The smallest absolute Gasteiger partial charge is 0.246 e. The molecule has 27 heavy (non-hydrogen) atoms. The monoisotopic (exact) mass is 385 g/mol. The van der Waals surface area contributed by atoms with E-state index in [4.69, 9.17) is 16.3 Å². The molecule has 0 aliphatic rings. The summed E-state index contributed by atoms with van der Waals surface area (Å²) in [6, 6.07) is 14.0. The van der Waals surface area contributed by atoms with Crippen LogP contribution in [-0.4, -0.2) is 35.0 Å². The highest BCUT2D eigenvalue weighted by Gasteiger charge is 2.20. The van der Waals surface area contributed by atoms with Crippen LogP contribution in [0.2, 0.25) is 5.02 Å². The van der Waals surface area contributed by atoms with Crippen molar-refractivity contribution in [2.45, 2.75) is 19.5 Å². The average Bonchev–Trinajstić information content (AvgIpc) is 3.01. The van der Waals surface area contributed by atoms with Crippen LogP contribution < -0.4 is 5.32 Å². The number of benzene rings is 2. The summed E-state index contributed by atoms with van der Waals surface area (Å²) in [7, 11) is 1.46. The van der Waals surface area contributed by atoms with Gasteiger partial charge in [0.05, 0.1) is 23.6 Å². The van der Waals surface area contributed by atoms with Gasteiger partial charge in [0, 0.05) is 17.7 Å². The van der Waals surface area contributed by atoms with Crippen molar-refractivity contribution in [3.05, 3.63) is 64.9 Å². The van der Waals surface area contributed by atoms with Crippen LogP contribution in [-0.2, 0) is 16.1 Å². The normalized spacial score (nSPS) is 12.1. The molecule has 6 nitrogen and oxygen atoms in total. The molecule has 3 rings (SSSR count). The molecule has 0 fully saturated rings. The van der Waals surface area contributed by atoms with E-state index in [0.717, 1.165) is 11.0 Å². The van der Waals surface area contributed by atoms with Crippen molar-refractivity contribution in [1.82, 2.24) is 14.9 Å². The van der Waals surface area contributed by atoms with Gasteiger partial charge in [-0.25, -0.2) is 4.98 Å². The fourth-order valence-corrected chi connectivity index (χ4v) is 3.07. The molecule has 140 valence electrons. The van der Waals surface area contributed by atoms with E-state index >= 15 is 0 Å². The van der Waals surface area contributed by atoms with Gasteiger partial charge in [0.2, 0.25) is 5.91 Å². The predicted molar refractivity (Wildman–Crippen MR) is 104 cm³/mol. The maximum Gasteiger partial charge on any atom is 0.246 e. The van der Waals surface area contributed by atoms with Crippen molar-refractivity contribution in [2.75, 3.05) is 13.7 Å². The zero-order valence-electron chi connectivity index (χ0n) is 15.1. The van der Waals surface area contributed by atoms with Crippen LogP contribution in [0.4, 0.5) is 0 Å². The molecule has 1 heterocycles. The van der Waals surface area contributed by atoms with Crippen molar-refractivity contribution >= 4 is 34.3 Å². The third kappa shape index (κ3) is 4.35. The molecule has 0 saturated heterocycles. The highest BCUT2D eigenvalue weighted by Crippen LogP contribution is 2.22. The van der Waals surface area contributed by atoms with Gasteiger partial charge in [-0.15, -0.1) is 0 Å². The van der Waals surface area contributed by atoms with Crippen molar-refractivity contribution in [3.63, 3.8) is 0 Å². The Kier molecular flexibility index (Phi) is 5.88. The Labute approximate surface area is 162 Å². The largest absolute Gasteiger partial charge is 0.375 e. The summed E-state index contributed by atoms with van der Waals surface area (Å²) in [5.74, 6) is 0.307. The molecular weight excluding hydrogens is 366 g/mol. The van der Waals surface area contributed by atoms with Gasteiger partial charge in [-0.1, -0.05) is 23.7 Å². The lowest BCUT2D eigenvalue weighted by Crippen LogP contribution is -2.31. The summed E-state index contributed by atoms with van der Waals surface area (Å²) in [5, 5.41) is 3.42. The second kappa shape index (κ2) is 8.33. The first kappa shape index (κ1) is 19.1. The number of hydrogen-bond donors (Lipinski definition) is 1. The average molecular weight is 386 g/mol. The highest BCUT2D eigenvalue weighted by atomic mass is 35.5. The summed E-state index contributed by atoms with van der Waals surface area (Å²) >= 11 is 5.90. The van der Waals surface area contributed by atoms with Crippen LogP contribution in [0.5, 0.6) is 0 Å². The Bertz CT molecular complexity index is 966. The fraction of sp³-hybridized carbons (Fsp3) is 0.250. The fourth-order valence-electron chi connectivity index (χ4n) is 2.94. The molecule has 0 aliphatic carbocycles. The molecule has 0 bridgehead atoms. The number of Topliss-reactive ketones (excluding diaryl/α,β-unsaturated/α-hetero) is 1. The lowest BCUT2D eigenvalue weighted by Gasteiger charge is -2.16. The number of nitrogens with zero attached hydrogens (tertiary/aromatic N) is 2. The number of ketones is 1. The molecule has 1 N–H and O–H groups in total. The van der Waals surface area contributed by atoms with Gasteiger partial charge >= 0.3 is 0 Å². The molecule has 0 radical (unpaired) electrons. The van der Waals surface area contributed by atoms with E-state index in [1.165, 1.54) is 7.11 Å². The highest BCUT2D eigenvalue weighted by molar-refractivity contribution is 6.30. The number of halogens is 1. The minimum atomic E-state index is -0.377. The van der Waals surface area contributed by atoms with E-state index < -0.39 is 0 Å². The number of para-hydroxylation sites is 2. The van der Waals surface area contributed by atoms with Gasteiger partial charge in [-0.2, -0.15) is 0 Å². The summed E-state index contributed by atoms with van der Waals surface area (Å²) in [6.07, 6.45) is 0. The Morgan fingerprint density at radius 3 is 2.59 bits per heavy atom. The molecular formula is C20H20ClN3O3.